The predicted octanol–water partition coefficient (Wildman–Crippen LogP) is 4.64. The third kappa shape index (κ3) is 9.09. The third-order valence-corrected chi connectivity index (χ3v) is 7.91. The molecule has 0 unspecified atom stereocenters. The summed E-state index contributed by atoms with van der Waals surface area (Å²) >= 11 is 3.36. The number of methoxy groups -OCH3 is 1. The first-order valence-corrected chi connectivity index (χ1v) is 15.6. The molecule has 214 valence electrons. The van der Waals surface area contributed by atoms with Gasteiger partial charge in [0.1, 0.15) is 18.3 Å². The molecule has 3 rings (SSSR count). The van der Waals surface area contributed by atoms with Crippen LogP contribution in [0.3, 0.4) is 0 Å². The van der Waals surface area contributed by atoms with Crippen molar-refractivity contribution < 1.29 is 22.7 Å². The van der Waals surface area contributed by atoms with E-state index in [1.165, 1.54) is 4.90 Å². The molecular weight excluding hydrogens is 594 g/mol. The standard InChI is InChI=1S/C30H36BrN3O5S/c1-22(2)19-32-30(36)28(18-23-9-6-5-7-10-23)33(20-24-11-8-12-27(17-24)39-3)29(35)21-34(40(4,37)38)26-15-13-25(31)14-16-26/h5-17,22,28H,18-21H2,1-4H3,(H,32,36)/t28-/m0/s1. The van der Waals surface area contributed by atoms with Crippen LogP contribution < -0.4 is 14.4 Å². The Hall–Kier alpha value is -3.37. The number of nitrogens with zero attached hydrogens (tertiary/aromatic N) is 2. The summed E-state index contributed by atoms with van der Waals surface area (Å²) < 4.78 is 32.9. The summed E-state index contributed by atoms with van der Waals surface area (Å²) in [6, 6.07) is 22.5. The molecule has 0 spiro atoms. The predicted molar refractivity (Wildman–Crippen MR) is 162 cm³/mol. The fraction of sp³-hybridized carbons (Fsp3) is 0.333. The van der Waals surface area contributed by atoms with Crippen molar-refractivity contribution in [2.24, 2.45) is 5.92 Å². The average molecular weight is 631 g/mol. The van der Waals surface area contributed by atoms with E-state index < -0.39 is 28.5 Å². The fourth-order valence-electron chi connectivity index (χ4n) is 4.17. The van der Waals surface area contributed by atoms with Crippen molar-refractivity contribution in [1.29, 1.82) is 0 Å². The van der Waals surface area contributed by atoms with Crippen molar-refractivity contribution in [3.63, 3.8) is 0 Å². The molecule has 0 bridgehead atoms. The number of amides is 2. The van der Waals surface area contributed by atoms with Crippen molar-refractivity contribution in [2.75, 3.05) is 30.8 Å². The van der Waals surface area contributed by atoms with Crippen LogP contribution in [0.5, 0.6) is 5.75 Å². The van der Waals surface area contributed by atoms with E-state index in [1.807, 2.05) is 56.3 Å². The number of hydrogen-bond donors (Lipinski definition) is 1. The van der Waals surface area contributed by atoms with Crippen molar-refractivity contribution in [2.45, 2.75) is 32.9 Å². The molecule has 0 fully saturated rings. The zero-order chi connectivity index (χ0) is 29.3. The molecule has 0 aliphatic rings. The Bertz CT molecular complexity index is 1380. The lowest BCUT2D eigenvalue weighted by Crippen LogP contribution is -2.53. The van der Waals surface area contributed by atoms with Crippen LogP contribution >= 0.6 is 15.9 Å². The molecule has 40 heavy (non-hydrogen) atoms. The maximum absolute atomic E-state index is 14.1. The summed E-state index contributed by atoms with van der Waals surface area (Å²) in [6.45, 7) is 4.05. The highest BCUT2D eigenvalue weighted by Gasteiger charge is 2.33. The zero-order valence-corrected chi connectivity index (χ0v) is 25.6. The Labute approximate surface area is 245 Å². The number of carbonyl (C=O) groups excluding carboxylic acids is 2. The van der Waals surface area contributed by atoms with Crippen LogP contribution in [0.25, 0.3) is 0 Å². The van der Waals surface area contributed by atoms with Gasteiger partial charge in [0, 0.05) is 24.0 Å². The SMILES string of the molecule is COc1cccc(CN(C(=O)CN(c2ccc(Br)cc2)S(C)(=O)=O)[C@@H](Cc2ccccc2)C(=O)NCC(C)C)c1. The van der Waals surface area contributed by atoms with Gasteiger partial charge < -0.3 is 15.0 Å². The molecule has 0 aromatic heterocycles. The van der Waals surface area contributed by atoms with Gasteiger partial charge in [-0.25, -0.2) is 8.42 Å². The number of carbonyl (C=O) groups is 2. The zero-order valence-electron chi connectivity index (χ0n) is 23.2. The van der Waals surface area contributed by atoms with E-state index in [-0.39, 0.29) is 24.8 Å². The van der Waals surface area contributed by atoms with Gasteiger partial charge in [-0.2, -0.15) is 0 Å². The van der Waals surface area contributed by atoms with E-state index in [4.69, 9.17) is 4.74 Å². The fourth-order valence-corrected chi connectivity index (χ4v) is 5.28. The molecule has 10 heteroatoms. The quantitative estimate of drug-likeness (QED) is 0.297. The monoisotopic (exact) mass is 629 g/mol. The van der Waals surface area contributed by atoms with Crippen molar-refractivity contribution in [3.05, 3.63) is 94.5 Å². The van der Waals surface area contributed by atoms with E-state index in [0.717, 1.165) is 26.2 Å². The van der Waals surface area contributed by atoms with Crippen molar-refractivity contribution in [3.8, 4) is 5.75 Å². The highest BCUT2D eigenvalue weighted by Crippen LogP contribution is 2.23. The normalized spacial score (nSPS) is 12.1. The Morgan fingerprint density at radius 2 is 1.60 bits per heavy atom. The van der Waals surface area contributed by atoms with Crippen LogP contribution in [-0.2, 0) is 32.6 Å². The first-order valence-electron chi connectivity index (χ1n) is 12.9. The molecule has 1 N–H and O–H groups in total. The molecule has 3 aromatic rings. The topological polar surface area (TPSA) is 96.0 Å². The van der Waals surface area contributed by atoms with Crippen LogP contribution in [-0.4, -0.2) is 57.6 Å². The van der Waals surface area contributed by atoms with E-state index in [0.29, 0.717) is 18.0 Å². The van der Waals surface area contributed by atoms with Crippen LogP contribution in [0.4, 0.5) is 5.69 Å². The Kier molecular flexibility index (Phi) is 11.2. The van der Waals surface area contributed by atoms with Gasteiger partial charge in [-0.3, -0.25) is 13.9 Å². The molecule has 1 atom stereocenters. The number of anilines is 1. The summed E-state index contributed by atoms with van der Waals surface area (Å²) in [4.78, 5) is 29.2. The van der Waals surface area contributed by atoms with Gasteiger partial charge in [0.2, 0.25) is 21.8 Å². The smallest absolute Gasteiger partial charge is 0.244 e. The van der Waals surface area contributed by atoms with Crippen LogP contribution in [0.15, 0.2) is 83.3 Å². The second kappa shape index (κ2) is 14.3. The van der Waals surface area contributed by atoms with Crippen molar-refractivity contribution >= 4 is 43.5 Å². The summed E-state index contributed by atoms with van der Waals surface area (Å²) in [5.41, 5.74) is 1.98. The number of rotatable bonds is 13. The van der Waals surface area contributed by atoms with Gasteiger partial charge >= 0.3 is 0 Å². The van der Waals surface area contributed by atoms with Gasteiger partial charge in [-0.05, 0) is 53.4 Å². The van der Waals surface area contributed by atoms with Crippen LogP contribution in [0.2, 0.25) is 0 Å². The molecule has 0 aliphatic carbocycles. The maximum atomic E-state index is 14.1. The summed E-state index contributed by atoms with van der Waals surface area (Å²) in [5.74, 6) is 0.0172. The minimum Gasteiger partial charge on any atom is -0.497 e. The third-order valence-electron chi connectivity index (χ3n) is 6.24. The van der Waals surface area contributed by atoms with E-state index >= 15 is 0 Å². The van der Waals surface area contributed by atoms with Gasteiger partial charge in [-0.1, -0.05) is 72.2 Å². The minimum atomic E-state index is -3.82. The number of sulfonamides is 1. The lowest BCUT2D eigenvalue weighted by molar-refractivity contribution is -0.140. The second-order valence-corrected chi connectivity index (χ2v) is 12.8. The minimum absolute atomic E-state index is 0.0839. The first kappa shape index (κ1) is 31.2. The summed E-state index contributed by atoms with van der Waals surface area (Å²) in [6.07, 6.45) is 1.32. The Morgan fingerprint density at radius 3 is 2.20 bits per heavy atom. The maximum Gasteiger partial charge on any atom is 0.244 e. The number of hydrogen-bond acceptors (Lipinski definition) is 5. The summed E-state index contributed by atoms with van der Waals surface area (Å²) in [5, 5.41) is 2.97. The number of nitrogens with one attached hydrogen (secondary N) is 1. The van der Waals surface area contributed by atoms with Crippen molar-refractivity contribution in [1.82, 2.24) is 10.2 Å². The molecule has 8 nitrogen and oxygen atoms in total. The van der Waals surface area contributed by atoms with E-state index in [9.17, 15) is 18.0 Å². The highest BCUT2D eigenvalue weighted by atomic mass is 79.9. The largest absolute Gasteiger partial charge is 0.497 e. The highest BCUT2D eigenvalue weighted by molar-refractivity contribution is 9.10. The van der Waals surface area contributed by atoms with E-state index in [2.05, 4.69) is 21.2 Å². The van der Waals surface area contributed by atoms with Crippen LogP contribution in [0, 0.1) is 5.92 Å². The lowest BCUT2D eigenvalue weighted by Gasteiger charge is -2.33. The van der Waals surface area contributed by atoms with Gasteiger partial charge in [0.25, 0.3) is 0 Å². The molecular formula is C30H36BrN3O5S. The van der Waals surface area contributed by atoms with Gasteiger partial charge in [0.05, 0.1) is 19.1 Å². The number of halogens is 1. The molecule has 3 aromatic carbocycles. The first-order chi connectivity index (χ1) is 19.0. The average Bonchev–Trinajstić information content (AvgIpc) is 2.92. The molecule has 2 amide bonds. The molecule has 0 saturated heterocycles. The molecule has 0 heterocycles. The summed E-state index contributed by atoms with van der Waals surface area (Å²) in [7, 11) is -2.26. The number of benzene rings is 3. The van der Waals surface area contributed by atoms with E-state index in [1.54, 1.807) is 43.5 Å². The molecule has 0 saturated carbocycles. The Balaban J connectivity index is 2.05. The molecule has 0 radical (unpaired) electrons. The number of ether oxygens (including phenoxy) is 1. The van der Waals surface area contributed by atoms with Gasteiger partial charge in [-0.15, -0.1) is 0 Å². The lowest BCUT2D eigenvalue weighted by atomic mass is 10.0. The van der Waals surface area contributed by atoms with Gasteiger partial charge in [0.15, 0.2) is 0 Å². The molecule has 0 aliphatic heterocycles. The second-order valence-electron chi connectivity index (χ2n) is 9.96. The van der Waals surface area contributed by atoms with Crippen LogP contribution in [0.1, 0.15) is 25.0 Å². The Morgan fingerprint density at radius 1 is 0.950 bits per heavy atom.